The molecule has 0 radical (unpaired) electrons. The number of carbonyl (C=O) groups excluding carboxylic acids is 1. The van der Waals surface area contributed by atoms with Gasteiger partial charge in [0, 0.05) is 18.2 Å². The molecule has 0 saturated carbocycles. The van der Waals surface area contributed by atoms with Crippen LogP contribution >= 0.6 is 0 Å². The third kappa shape index (κ3) is 3.35. The number of nitrogens with zero attached hydrogens (tertiary/aromatic N) is 4. The second-order valence-electron chi connectivity index (χ2n) is 4.49. The largest absolute Gasteiger partial charge is 0.327 e. The van der Waals surface area contributed by atoms with E-state index in [9.17, 15) is 4.79 Å². The van der Waals surface area contributed by atoms with Gasteiger partial charge in [-0.05, 0) is 42.0 Å². The maximum absolute atomic E-state index is 11.7. The molecular weight excluding hydrogens is 244 g/mol. The molecule has 7 heteroatoms. The monoisotopic (exact) mass is 260 g/mol. The molecule has 0 aliphatic rings. The van der Waals surface area contributed by atoms with Crippen LogP contribution in [0.25, 0.3) is 5.69 Å². The topological polar surface area (TPSA) is 98.7 Å². The number of amides is 1. The molecule has 1 amide bonds. The molecular formula is C12H16N6O. The Hall–Kier alpha value is -2.28. The van der Waals surface area contributed by atoms with E-state index in [0.29, 0.717) is 5.69 Å². The molecule has 1 aromatic carbocycles. The minimum absolute atomic E-state index is 0.110. The fraction of sp³-hybridized carbons (Fsp3) is 0.333. The molecule has 0 spiro atoms. The molecule has 2 rings (SSSR count). The molecule has 7 nitrogen and oxygen atoms in total. The molecule has 1 aromatic heterocycles. The van der Waals surface area contributed by atoms with Crippen LogP contribution in [0.4, 0.5) is 5.69 Å². The van der Waals surface area contributed by atoms with E-state index in [1.54, 1.807) is 11.6 Å². The quantitative estimate of drug-likeness (QED) is 0.840. The van der Waals surface area contributed by atoms with E-state index < -0.39 is 0 Å². The van der Waals surface area contributed by atoms with Crippen molar-refractivity contribution in [2.45, 2.75) is 26.3 Å². The van der Waals surface area contributed by atoms with E-state index in [-0.39, 0.29) is 18.4 Å². The van der Waals surface area contributed by atoms with Crippen LogP contribution < -0.4 is 11.1 Å². The summed E-state index contributed by atoms with van der Waals surface area (Å²) in [6, 6.07) is 5.40. The van der Waals surface area contributed by atoms with Crippen LogP contribution in [0.5, 0.6) is 0 Å². The van der Waals surface area contributed by atoms with Crippen LogP contribution in [-0.2, 0) is 4.79 Å². The smallest absolute Gasteiger partial charge is 0.225 e. The molecule has 3 N–H and O–H groups in total. The number of rotatable bonds is 4. The molecule has 1 heterocycles. The Balaban J connectivity index is 2.20. The molecule has 0 aliphatic heterocycles. The number of hydrogen-bond acceptors (Lipinski definition) is 5. The van der Waals surface area contributed by atoms with Gasteiger partial charge in [-0.2, -0.15) is 0 Å². The zero-order valence-electron chi connectivity index (χ0n) is 10.9. The van der Waals surface area contributed by atoms with Crippen LogP contribution in [0.2, 0.25) is 0 Å². The average molecular weight is 260 g/mol. The Labute approximate surface area is 110 Å². The number of benzene rings is 1. The van der Waals surface area contributed by atoms with Gasteiger partial charge in [0.25, 0.3) is 0 Å². The molecule has 1 unspecified atom stereocenters. The number of tetrazole rings is 1. The molecule has 0 aliphatic carbocycles. The Bertz CT molecular complexity index is 564. The minimum Gasteiger partial charge on any atom is -0.327 e. The van der Waals surface area contributed by atoms with Gasteiger partial charge in [0.1, 0.15) is 6.33 Å². The minimum atomic E-state index is -0.163. The second-order valence-corrected chi connectivity index (χ2v) is 4.49. The summed E-state index contributed by atoms with van der Waals surface area (Å²) in [6.07, 6.45) is 1.80. The summed E-state index contributed by atoms with van der Waals surface area (Å²) < 4.78 is 1.55. The number of carbonyl (C=O) groups is 1. The van der Waals surface area contributed by atoms with Crippen molar-refractivity contribution in [1.29, 1.82) is 0 Å². The number of nitrogens with one attached hydrogen (secondary N) is 1. The van der Waals surface area contributed by atoms with Crippen molar-refractivity contribution in [1.82, 2.24) is 20.2 Å². The molecule has 1 atom stereocenters. The van der Waals surface area contributed by atoms with Crippen molar-refractivity contribution in [2.24, 2.45) is 5.73 Å². The first kappa shape index (κ1) is 13.2. The third-order valence-corrected chi connectivity index (χ3v) is 2.60. The van der Waals surface area contributed by atoms with E-state index in [4.69, 9.17) is 5.73 Å². The van der Waals surface area contributed by atoms with Gasteiger partial charge in [-0.25, -0.2) is 4.68 Å². The van der Waals surface area contributed by atoms with Gasteiger partial charge < -0.3 is 11.1 Å². The van der Waals surface area contributed by atoms with E-state index in [1.807, 2.05) is 25.1 Å². The van der Waals surface area contributed by atoms with E-state index in [2.05, 4.69) is 20.8 Å². The molecule has 0 bridgehead atoms. The first-order valence-electron chi connectivity index (χ1n) is 5.95. The summed E-state index contributed by atoms with van der Waals surface area (Å²) in [5.74, 6) is -0.110. The number of anilines is 1. The van der Waals surface area contributed by atoms with Crippen molar-refractivity contribution in [2.75, 3.05) is 5.32 Å². The van der Waals surface area contributed by atoms with Gasteiger partial charge in [-0.1, -0.05) is 6.07 Å². The average Bonchev–Trinajstić information content (AvgIpc) is 2.84. The first-order chi connectivity index (χ1) is 9.06. The predicted molar refractivity (Wildman–Crippen MR) is 70.8 cm³/mol. The van der Waals surface area contributed by atoms with Crippen LogP contribution in [0.1, 0.15) is 18.9 Å². The zero-order valence-corrected chi connectivity index (χ0v) is 10.9. The van der Waals surface area contributed by atoms with Crippen LogP contribution in [0.15, 0.2) is 24.5 Å². The first-order valence-corrected chi connectivity index (χ1v) is 5.95. The third-order valence-electron chi connectivity index (χ3n) is 2.60. The number of nitrogens with two attached hydrogens (primary N) is 1. The number of aromatic nitrogens is 4. The Kier molecular flexibility index (Phi) is 3.86. The lowest BCUT2D eigenvalue weighted by Crippen LogP contribution is -2.24. The van der Waals surface area contributed by atoms with E-state index in [0.717, 1.165) is 11.3 Å². The predicted octanol–water partition coefficient (Wildman–Crippen LogP) is 0.647. The van der Waals surface area contributed by atoms with Gasteiger partial charge in [-0.15, -0.1) is 5.10 Å². The van der Waals surface area contributed by atoms with Gasteiger partial charge in [0.2, 0.25) is 5.91 Å². The Morgan fingerprint density at radius 2 is 2.32 bits per heavy atom. The number of hydrogen-bond donors (Lipinski definition) is 2. The SMILES string of the molecule is Cc1ccc(NC(=O)CC(C)N)cc1-n1cnnn1. The Morgan fingerprint density at radius 3 is 2.95 bits per heavy atom. The highest BCUT2D eigenvalue weighted by atomic mass is 16.1. The molecule has 19 heavy (non-hydrogen) atoms. The number of aryl methyl sites for hydroxylation is 1. The van der Waals surface area contributed by atoms with Gasteiger partial charge >= 0.3 is 0 Å². The lowest BCUT2D eigenvalue weighted by molar-refractivity contribution is -0.116. The van der Waals surface area contributed by atoms with Gasteiger partial charge in [0.05, 0.1) is 5.69 Å². The summed E-state index contributed by atoms with van der Waals surface area (Å²) in [5, 5.41) is 13.8. The molecule has 100 valence electrons. The van der Waals surface area contributed by atoms with Crippen LogP contribution in [-0.4, -0.2) is 32.2 Å². The molecule has 2 aromatic rings. The molecule has 0 saturated heterocycles. The molecule has 0 fully saturated rings. The maximum atomic E-state index is 11.7. The fourth-order valence-electron chi connectivity index (χ4n) is 1.71. The zero-order chi connectivity index (χ0) is 13.8. The summed E-state index contributed by atoms with van der Waals surface area (Å²) in [7, 11) is 0. The summed E-state index contributed by atoms with van der Waals surface area (Å²) in [6.45, 7) is 3.74. The second kappa shape index (κ2) is 5.57. The van der Waals surface area contributed by atoms with Gasteiger partial charge in [0.15, 0.2) is 0 Å². The highest BCUT2D eigenvalue weighted by molar-refractivity contribution is 5.91. The van der Waals surface area contributed by atoms with Crippen molar-refractivity contribution >= 4 is 11.6 Å². The van der Waals surface area contributed by atoms with Crippen molar-refractivity contribution in [3.63, 3.8) is 0 Å². The highest BCUT2D eigenvalue weighted by Gasteiger charge is 2.08. The summed E-state index contributed by atoms with van der Waals surface area (Å²) in [5.41, 5.74) is 8.12. The standard InChI is InChI=1S/C12H16N6O/c1-8-3-4-10(15-12(19)5-9(2)13)6-11(8)18-7-14-16-17-18/h3-4,6-7,9H,5,13H2,1-2H3,(H,15,19). The van der Waals surface area contributed by atoms with E-state index in [1.165, 1.54) is 6.33 Å². The van der Waals surface area contributed by atoms with Gasteiger partial charge in [-0.3, -0.25) is 4.79 Å². The summed E-state index contributed by atoms with van der Waals surface area (Å²) >= 11 is 0. The van der Waals surface area contributed by atoms with Crippen molar-refractivity contribution in [3.8, 4) is 5.69 Å². The maximum Gasteiger partial charge on any atom is 0.225 e. The highest BCUT2D eigenvalue weighted by Crippen LogP contribution is 2.18. The van der Waals surface area contributed by atoms with Crippen molar-refractivity contribution in [3.05, 3.63) is 30.1 Å². The Morgan fingerprint density at radius 1 is 1.53 bits per heavy atom. The van der Waals surface area contributed by atoms with E-state index >= 15 is 0 Å². The summed E-state index contributed by atoms with van der Waals surface area (Å²) in [4.78, 5) is 11.7. The lowest BCUT2D eigenvalue weighted by atomic mass is 10.1. The normalized spacial score (nSPS) is 12.2. The fourth-order valence-corrected chi connectivity index (χ4v) is 1.71. The van der Waals surface area contributed by atoms with Crippen LogP contribution in [0.3, 0.4) is 0 Å². The van der Waals surface area contributed by atoms with Crippen LogP contribution in [0, 0.1) is 6.92 Å². The lowest BCUT2D eigenvalue weighted by Gasteiger charge is -2.10. The van der Waals surface area contributed by atoms with Crippen molar-refractivity contribution < 1.29 is 4.79 Å².